The van der Waals surface area contributed by atoms with Crippen molar-refractivity contribution in [3.63, 3.8) is 0 Å². The van der Waals surface area contributed by atoms with Crippen LogP contribution in [0.2, 0.25) is 0 Å². The van der Waals surface area contributed by atoms with E-state index in [1.807, 2.05) is 6.92 Å². The number of nitro groups is 1. The highest BCUT2D eigenvalue weighted by molar-refractivity contribution is 7.91. The van der Waals surface area contributed by atoms with Gasteiger partial charge in [-0.25, -0.2) is 8.42 Å². The van der Waals surface area contributed by atoms with Gasteiger partial charge in [0.1, 0.15) is 11.5 Å². The lowest BCUT2D eigenvalue weighted by Crippen LogP contribution is -2.23. The molecule has 0 fully saturated rings. The molecule has 11 heteroatoms. The molecule has 0 aliphatic rings. The van der Waals surface area contributed by atoms with Crippen LogP contribution < -0.4 is 20.1 Å². The molecule has 1 amide bonds. The Morgan fingerprint density at radius 3 is 2.49 bits per heavy atom. The molecule has 3 aromatic carbocycles. The van der Waals surface area contributed by atoms with Gasteiger partial charge in [-0.3, -0.25) is 14.9 Å². The summed E-state index contributed by atoms with van der Waals surface area (Å²) in [6.45, 7) is 3.53. The summed E-state index contributed by atoms with van der Waals surface area (Å²) in [4.78, 5) is 22.8. The molecule has 0 aliphatic carbocycles. The molecule has 0 heterocycles. The Balaban J connectivity index is 1.89. The molecule has 35 heavy (non-hydrogen) atoms. The number of hydrogen-bond donors (Lipinski definition) is 2. The van der Waals surface area contributed by atoms with Gasteiger partial charge in [-0.2, -0.15) is 0 Å². The Hall–Kier alpha value is -4.12. The second kappa shape index (κ2) is 10.9. The van der Waals surface area contributed by atoms with E-state index in [-0.39, 0.29) is 33.5 Å². The molecule has 184 valence electrons. The highest BCUT2D eigenvalue weighted by Crippen LogP contribution is 2.33. The number of rotatable bonds is 10. The van der Waals surface area contributed by atoms with E-state index in [0.29, 0.717) is 23.6 Å². The predicted octanol–water partition coefficient (Wildman–Crippen LogP) is 4.19. The molecular formula is C24H25N3O7S. The average Bonchev–Trinajstić information content (AvgIpc) is 2.84. The summed E-state index contributed by atoms with van der Waals surface area (Å²) in [5.74, 6) is 0.352. The number of hydrogen-bond acceptors (Lipinski definition) is 8. The van der Waals surface area contributed by atoms with Crippen LogP contribution in [0.3, 0.4) is 0 Å². The molecule has 0 atom stereocenters. The smallest absolute Gasteiger partial charge is 0.273 e. The van der Waals surface area contributed by atoms with Crippen LogP contribution >= 0.6 is 0 Å². The summed E-state index contributed by atoms with van der Waals surface area (Å²) < 4.78 is 37.5. The van der Waals surface area contributed by atoms with Crippen molar-refractivity contribution >= 4 is 32.8 Å². The van der Waals surface area contributed by atoms with Crippen molar-refractivity contribution in [3.05, 3.63) is 76.3 Å². The number of nitro benzene ring substituents is 1. The number of ether oxygens (including phenoxy) is 2. The van der Waals surface area contributed by atoms with Crippen LogP contribution in [-0.2, 0) is 14.6 Å². The maximum absolute atomic E-state index is 13.4. The molecule has 0 unspecified atom stereocenters. The lowest BCUT2D eigenvalue weighted by atomic mass is 10.2. The minimum Gasteiger partial charge on any atom is -0.497 e. The van der Waals surface area contributed by atoms with Gasteiger partial charge in [0, 0.05) is 17.7 Å². The highest BCUT2D eigenvalue weighted by Gasteiger charge is 2.25. The Labute approximate surface area is 203 Å². The second-order valence-corrected chi connectivity index (χ2v) is 9.32. The van der Waals surface area contributed by atoms with Crippen molar-refractivity contribution in [2.75, 3.05) is 30.9 Å². The SMILES string of the molecule is CCOc1ccccc1NC(=O)CNc1ccc(OC)cc1S(=O)(=O)c1ccc(C)c([N+](=O)[O-])c1. The first kappa shape index (κ1) is 25.5. The molecule has 3 rings (SSSR count). The molecular weight excluding hydrogens is 474 g/mol. The summed E-state index contributed by atoms with van der Waals surface area (Å²) in [5, 5.41) is 16.9. The number of sulfone groups is 1. The molecule has 0 bridgehead atoms. The molecule has 2 N–H and O–H groups in total. The minimum atomic E-state index is -4.19. The molecule has 0 saturated heterocycles. The number of anilines is 2. The Morgan fingerprint density at radius 1 is 1.06 bits per heavy atom. The number of methoxy groups -OCH3 is 1. The van der Waals surface area contributed by atoms with Crippen LogP contribution in [0.15, 0.2) is 70.5 Å². The predicted molar refractivity (Wildman–Crippen MR) is 131 cm³/mol. The molecule has 3 aromatic rings. The minimum absolute atomic E-state index is 0.141. The number of carbonyl (C=O) groups excluding carboxylic acids is 1. The number of nitrogens with zero attached hydrogens (tertiary/aromatic N) is 1. The van der Waals surface area contributed by atoms with Crippen LogP contribution in [0.1, 0.15) is 12.5 Å². The van der Waals surface area contributed by atoms with Gasteiger partial charge in [0.15, 0.2) is 0 Å². The highest BCUT2D eigenvalue weighted by atomic mass is 32.2. The Bertz CT molecular complexity index is 1360. The Kier molecular flexibility index (Phi) is 7.92. The third-order valence-electron chi connectivity index (χ3n) is 5.07. The van der Waals surface area contributed by atoms with E-state index in [1.165, 1.54) is 38.3 Å². The van der Waals surface area contributed by atoms with Crippen LogP contribution in [0.4, 0.5) is 17.1 Å². The van der Waals surface area contributed by atoms with Gasteiger partial charge in [0.2, 0.25) is 15.7 Å². The van der Waals surface area contributed by atoms with Crippen molar-refractivity contribution in [3.8, 4) is 11.5 Å². The van der Waals surface area contributed by atoms with Gasteiger partial charge in [-0.15, -0.1) is 0 Å². The molecule has 0 radical (unpaired) electrons. The first-order valence-corrected chi connectivity index (χ1v) is 12.1. The van der Waals surface area contributed by atoms with Gasteiger partial charge in [0.25, 0.3) is 5.69 Å². The third kappa shape index (κ3) is 5.87. The van der Waals surface area contributed by atoms with Gasteiger partial charge < -0.3 is 20.1 Å². The topological polar surface area (TPSA) is 137 Å². The van der Waals surface area contributed by atoms with E-state index in [1.54, 1.807) is 30.3 Å². The third-order valence-corrected chi connectivity index (χ3v) is 6.86. The van der Waals surface area contributed by atoms with Crippen molar-refractivity contribution in [1.82, 2.24) is 0 Å². The number of benzene rings is 3. The number of aryl methyl sites for hydroxylation is 1. The summed E-state index contributed by atoms with van der Waals surface area (Å²) in [5.41, 5.74) is 0.649. The quantitative estimate of drug-likeness (QED) is 0.313. The summed E-state index contributed by atoms with van der Waals surface area (Å²) in [6.07, 6.45) is 0. The fraction of sp³-hybridized carbons (Fsp3) is 0.208. The first-order chi connectivity index (χ1) is 16.7. The summed E-state index contributed by atoms with van der Waals surface area (Å²) in [6, 6.07) is 15.0. The zero-order valence-electron chi connectivity index (χ0n) is 19.4. The standard InChI is InChI=1S/C24H25N3O7S/c1-4-34-22-8-6-5-7-19(22)26-24(28)15-25-20-12-10-17(33-3)13-23(20)35(31,32)18-11-9-16(2)21(14-18)27(29)30/h5-14,25H,4,15H2,1-3H3,(H,26,28). The fourth-order valence-electron chi connectivity index (χ4n) is 3.30. The van der Waals surface area contributed by atoms with Gasteiger partial charge >= 0.3 is 0 Å². The van der Waals surface area contributed by atoms with E-state index < -0.39 is 20.7 Å². The van der Waals surface area contributed by atoms with E-state index in [0.717, 1.165) is 6.07 Å². The lowest BCUT2D eigenvalue weighted by molar-refractivity contribution is -0.385. The molecule has 0 aromatic heterocycles. The molecule has 0 aliphatic heterocycles. The van der Waals surface area contributed by atoms with Gasteiger partial charge in [-0.05, 0) is 44.2 Å². The van der Waals surface area contributed by atoms with Crippen LogP contribution in [-0.4, -0.2) is 39.5 Å². The van der Waals surface area contributed by atoms with Gasteiger partial charge in [0.05, 0.1) is 46.4 Å². The zero-order valence-corrected chi connectivity index (χ0v) is 20.2. The maximum Gasteiger partial charge on any atom is 0.273 e. The first-order valence-electron chi connectivity index (χ1n) is 10.6. The van der Waals surface area contributed by atoms with Gasteiger partial charge in [-0.1, -0.05) is 18.2 Å². The number of amides is 1. The van der Waals surface area contributed by atoms with E-state index in [4.69, 9.17) is 9.47 Å². The number of para-hydroxylation sites is 2. The largest absolute Gasteiger partial charge is 0.497 e. The zero-order chi connectivity index (χ0) is 25.6. The van der Waals surface area contributed by atoms with E-state index in [9.17, 15) is 23.3 Å². The molecule has 10 nitrogen and oxygen atoms in total. The monoisotopic (exact) mass is 499 g/mol. The Morgan fingerprint density at radius 2 is 1.80 bits per heavy atom. The average molecular weight is 500 g/mol. The lowest BCUT2D eigenvalue weighted by Gasteiger charge is -2.15. The fourth-order valence-corrected chi connectivity index (χ4v) is 4.77. The van der Waals surface area contributed by atoms with Crippen molar-refractivity contribution in [1.29, 1.82) is 0 Å². The van der Waals surface area contributed by atoms with E-state index in [2.05, 4.69) is 10.6 Å². The molecule has 0 saturated carbocycles. The summed E-state index contributed by atoms with van der Waals surface area (Å²) >= 11 is 0. The van der Waals surface area contributed by atoms with Crippen molar-refractivity contribution < 1.29 is 27.6 Å². The second-order valence-electron chi connectivity index (χ2n) is 7.40. The molecule has 0 spiro atoms. The normalized spacial score (nSPS) is 10.9. The van der Waals surface area contributed by atoms with Crippen molar-refractivity contribution in [2.24, 2.45) is 0 Å². The van der Waals surface area contributed by atoms with Crippen molar-refractivity contribution in [2.45, 2.75) is 23.6 Å². The van der Waals surface area contributed by atoms with Crippen LogP contribution in [0.5, 0.6) is 11.5 Å². The number of nitrogens with one attached hydrogen (secondary N) is 2. The maximum atomic E-state index is 13.4. The number of carbonyl (C=O) groups is 1. The van der Waals surface area contributed by atoms with Crippen LogP contribution in [0, 0.1) is 17.0 Å². The summed E-state index contributed by atoms with van der Waals surface area (Å²) in [7, 11) is -2.81. The van der Waals surface area contributed by atoms with Crippen LogP contribution in [0.25, 0.3) is 0 Å². The van der Waals surface area contributed by atoms with E-state index >= 15 is 0 Å².